The standard InChI is InChI=1S/C12H22N2OS/c1-5-7-14-8-6-13-11(14)10(15)9-16-12(2,3)4/h6,8,10,15H,5,7,9H2,1-4H3. The molecule has 0 bridgehead atoms. The maximum atomic E-state index is 10.1. The van der Waals surface area contributed by atoms with E-state index in [2.05, 4.69) is 32.7 Å². The fourth-order valence-electron chi connectivity index (χ4n) is 1.45. The van der Waals surface area contributed by atoms with Crippen molar-refractivity contribution in [2.24, 2.45) is 0 Å². The first-order chi connectivity index (χ1) is 7.44. The number of aryl methyl sites for hydroxylation is 1. The number of hydrogen-bond donors (Lipinski definition) is 1. The van der Waals surface area contributed by atoms with Crippen LogP contribution in [0.5, 0.6) is 0 Å². The van der Waals surface area contributed by atoms with Crippen molar-refractivity contribution >= 4 is 11.8 Å². The van der Waals surface area contributed by atoms with Crippen LogP contribution in [0.3, 0.4) is 0 Å². The van der Waals surface area contributed by atoms with Gasteiger partial charge in [0, 0.05) is 29.4 Å². The summed E-state index contributed by atoms with van der Waals surface area (Å²) < 4.78 is 2.22. The lowest BCUT2D eigenvalue weighted by molar-refractivity contribution is 0.188. The van der Waals surface area contributed by atoms with Crippen LogP contribution in [0.25, 0.3) is 0 Å². The fraction of sp³-hybridized carbons (Fsp3) is 0.750. The summed E-state index contributed by atoms with van der Waals surface area (Å²) in [5, 5.41) is 10.1. The Hall–Kier alpha value is -0.480. The number of hydrogen-bond acceptors (Lipinski definition) is 3. The molecule has 0 aliphatic heterocycles. The van der Waals surface area contributed by atoms with Crippen molar-refractivity contribution in [2.45, 2.75) is 51.5 Å². The predicted molar refractivity (Wildman–Crippen MR) is 69.7 cm³/mol. The van der Waals surface area contributed by atoms with E-state index in [-0.39, 0.29) is 4.75 Å². The topological polar surface area (TPSA) is 38.0 Å². The fourth-order valence-corrected chi connectivity index (χ4v) is 2.26. The molecular weight excluding hydrogens is 220 g/mol. The molecule has 92 valence electrons. The Labute approximate surface area is 102 Å². The van der Waals surface area contributed by atoms with Crippen LogP contribution < -0.4 is 0 Å². The van der Waals surface area contributed by atoms with E-state index >= 15 is 0 Å². The third kappa shape index (κ3) is 4.18. The second kappa shape index (κ2) is 5.73. The molecule has 1 rings (SSSR count). The molecule has 1 aromatic rings. The average molecular weight is 242 g/mol. The molecule has 1 atom stereocenters. The van der Waals surface area contributed by atoms with Crippen molar-refractivity contribution in [3.8, 4) is 0 Å². The monoisotopic (exact) mass is 242 g/mol. The summed E-state index contributed by atoms with van der Waals surface area (Å²) in [5.41, 5.74) is 0. The predicted octanol–water partition coefficient (Wildman–Crippen LogP) is 2.86. The molecule has 4 heteroatoms. The van der Waals surface area contributed by atoms with Crippen molar-refractivity contribution in [1.82, 2.24) is 9.55 Å². The lowest BCUT2D eigenvalue weighted by atomic mass is 10.3. The van der Waals surface area contributed by atoms with Crippen molar-refractivity contribution < 1.29 is 5.11 Å². The molecule has 16 heavy (non-hydrogen) atoms. The molecule has 0 amide bonds. The highest BCUT2D eigenvalue weighted by Gasteiger charge is 2.18. The van der Waals surface area contributed by atoms with Gasteiger partial charge >= 0.3 is 0 Å². The zero-order valence-electron chi connectivity index (χ0n) is 10.6. The van der Waals surface area contributed by atoms with Gasteiger partial charge in [-0.05, 0) is 6.42 Å². The van der Waals surface area contributed by atoms with Crippen LogP contribution in [0.15, 0.2) is 12.4 Å². The molecular formula is C12H22N2OS. The smallest absolute Gasteiger partial charge is 0.138 e. The third-order valence-electron chi connectivity index (χ3n) is 2.18. The number of thioether (sulfide) groups is 1. The molecule has 1 heterocycles. The Morgan fingerprint density at radius 1 is 1.50 bits per heavy atom. The summed E-state index contributed by atoms with van der Waals surface area (Å²) >= 11 is 1.76. The summed E-state index contributed by atoms with van der Waals surface area (Å²) in [7, 11) is 0. The van der Waals surface area contributed by atoms with Gasteiger partial charge in [-0.2, -0.15) is 11.8 Å². The van der Waals surface area contributed by atoms with Crippen molar-refractivity contribution in [1.29, 1.82) is 0 Å². The van der Waals surface area contributed by atoms with Crippen LogP contribution in [-0.2, 0) is 6.54 Å². The van der Waals surface area contributed by atoms with E-state index in [1.165, 1.54) is 0 Å². The van der Waals surface area contributed by atoms with E-state index in [0.717, 1.165) is 18.8 Å². The number of aliphatic hydroxyl groups excluding tert-OH is 1. The van der Waals surface area contributed by atoms with Crippen LogP contribution in [0, 0.1) is 0 Å². The first-order valence-corrected chi connectivity index (χ1v) is 6.75. The zero-order valence-corrected chi connectivity index (χ0v) is 11.4. The maximum Gasteiger partial charge on any atom is 0.138 e. The largest absolute Gasteiger partial charge is 0.384 e. The van der Waals surface area contributed by atoms with E-state index in [1.54, 1.807) is 18.0 Å². The molecule has 0 aromatic carbocycles. The first-order valence-electron chi connectivity index (χ1n) is 5.77. The van der Waals surface area contributed by atoms with Gasteiger partial charge in [0.1, 0.15) is 11.9 Å². The number of nitrogens with zero attached hydrogens (tertiary/aromatic N) is 2. The highest BCUT2D eigenvalue weighted by atomic mass is 32.2. The number of imidazole rings is 1. The molecule has 0 spiro atoms. The van der Waals surface area contributed by atoms with Gasteiger partial charge in [0.05, 0.1) is 0 Å². The molecule has 0 aliphatic carbocycles. The normalized spacial score (nSPS) is 14.1. The molecule has 1 unspecified atom stereocenters. The molecule has 0 fully saturated rings. The molecule has 0 radical (unpaired) electrons. The summed E-state index contributed by atoms with van der Waals surface area (Å²) in [6, 6.07) is 0. The van der Waals surface area contributed by atoms with Crippen molar-refractivity contribution in [3.63, 3.8) is 0 Å². The number of aliphatic hydroxyl groups is 1. The summed E-state index contributed by atoms with van der Waals surface area (Å²) in [4.78, 5) is 4.24. The van der Waals surface area contributed by atoms with Crippen molar-refractivity contribution in [2.75, 3.05) is 5.75 Å². The van der Waals surface area contributed by atoms with Gasteiger partial charge in [-0.1, -0.05) is 27.7 Å². The molecule has 0 aliphatic rings. The Balaban J connectivity index is 2.58. The quantitative estimate of drug-likeness (QED) is 0.863. The van der Waals surface area contributed by atoms with Crippen LogP contribution in [-0.4, -0.2) is 25.2 Å². The average Bonchev–Trinajstić information content (AvgIpc) is 2.62. The first kappa shape index (κ1) is 13.6. The van der Waals surface area contributed by atoms with Crippen LogP contribution in [0.4, 0.5) is 0 Å². The zero-order chi connectivity index (χ0) is 12.2. The van der Waals surface area contributed by atoms with Gasteiger partial charge in [0.2, 0.25) is 0 Å². The Morgan fingerprint density at radius 2 is 2.19 bits per heavy atom. The number of aromatic nitrogens is 2. The molecule has 0 saturated carbocycles. The molecule has 3 nitrogen and oxygen atoms in total. The molecule has 0 saturated heterocycles. The maximum absolute atomic E-state index is 10.1. The Morgan fingerprint density at radius 3 is 2.75 bits per heavy atom. The van der Waals surface area contributed by atoms with Crippen LogP contribution in [0.1, 0.15) is 46.0 Å². The van der Waals surface area contributed by atoms with E-state index in [9.17, 15) is 5.11 Å². The van der Waals surface area contributed by atoms with Gasteiger partial charge in [0.25, 0.3) is 0 Å². The Kier molecular flexibility index (Phi) is 4.87. The highest BCUT2D eigenvalue weighted by molar-refractivity contribution is 8.00. The third-order valence-corrected chi connectivity index (χ3v) is 3.53. The van der Waals surface area contributed by atoms with Crippen LogP contribution in [0.2, 0.25) is 0 Å². The second-order valence-electron chi connectivity index (χ2n) is 4.92. The molecule has 1 N–H and O–H groups in total. The highest BCUT2D eigenvalue weighted by Crippen LogP contribution is 2.27. The van der Waals surface area contributed by atoms with E-state index in [0.29, 0.717) is 5.75 Å². The van der Waals surface area contributed by atoms with Crippen LogP contribution >= 0.6 is 11.8 Å². The molecule has 1 aromatic heterocycles. The minimum atomic E-state index is -0.467. The summed E-state index contributed by atoms with van der Waals surface area (Å²) in [6.45, 7) is 9.52. The minimum Gasteiger partial charge on any atom is -0.384 e. The van der Waals surface area contributed by atoms with E-state index in [1.807, 2.05) is 10.8 Å². The van der Waals surface area contributed by atoms with E-state index in [4.69, 9.17) is 0 Å². The van der Waals surface area contributed by atoms with Gasteiger partial charge in [0.15, 0.2) is 0 Å². The summed E-state index contributed by atoms with van der Waals surface area (Å²) in [5.74, 6) is 1.49. The lowest BCUT2D eigenvalue weighted by Crippen LogP contribution is -2.15. The lowest BCUT2D eigenvalue weighted by Gasteiger charge is -2.20. The van der Waals surface area contributed by atoms with Crippen molar-refractivity contribution in [3.05, 3.63) is 18.2 Å². The van der Waals surface area contributed by atoms with E-state index < -0.39 is 6.10 Å². The van der Waals surface area contributed by atoms with Gasteiger partial charge in [-0.3, -0.25) is 0 Å². The number of rotatable bonds is 5. The van der Waals surface area contributed by atoms with Gasteiger partial charge in [-0.25, -0.2) is 4.98 Å². The SMILES string of the molecule is CCCn1ccnc1C(O)CSC(C)(C)C. The van der Waals surface area contributed by atoms with Gasteiger partial charge in [-0.15, -0.1) is 0 Å². The van der Waals surface area contributed by atoms with Gasteiger partial charge < -0.3 is 9.67 Å². The second-order valence-corrected chi connectivity index (χ2v) is 6.76. The summed E-state index contributed by atoms with van der Waals surface area (Å²) in [6.07, 6.45) is 4.29. The Bertz CT molecular complexity index is 317. The minimum absolute atomic E-state index is 0.184.